The van der Waals surface area contributed by atoms with E-state index in [-0.39, 0.29) is 17.6 Å². The maximum absolute atomic E-state index is 14.0. The number of fused-ring (bicyclic) bond motifs is 1. The predicted molar refractivity (Wildman–Crippen MR) is 133 cm³/mol. The van der Waals surface area contributed by atoms with Gasteiger partial charge in [0.2, 0.25) is 0 Å². The molecule has 2 atom stereocenters. The minimum Gasteiger partial charge on any atom is -0.469 e. The van der Waals surface area contributed by atoms with Gasteiger partial charge in [-0.1, -0.05) is 36.4 Å². The molecule has 2 aromatic carbocycles. The van der Waals surface area contributed by atoms with E-state index in [1.54, 1.807) is 22.5 Å². The van der Waals surface area contributed by atoms with Gasteiger partial charge in [-0.15, -0.1) is 11.3 Å². The molecule has 3 heterocycles. The highest BCUT2D eigenvalue weighted by Crippen LogP contribution is 2.48. The van der Waals surface area contributed by atoms with Gasteiger partial charge in [0.1, 0.15) is 11.8 Å². The summed E-state index contributed by atoms with van der Waals surface area (Å²) in [5.74, 6) is 0.667. The largest absolute Gasteiger partial charge is 0.469 e. The molecule has 0 fully saturated rings. The van der Waals surface area contributed by atoms with E-state index in [4.69, 9.17) is 4.42 Å². The fraction of sp³-hybridized carbons (Fsp3) is 0.143. The van der Waals surface area contributed by atoms with E-state index in [2.05, 4.69) is 5.32 Å². The fourth-order valence-corrected chi connectivity index (χ4v) is 5.80. The van der Waals surface area contributed by atoms with Gasteiger partial charge in [0.25, 0.3) is 5.91 Å². The molecule has 0 saturated carbocycles. The van der Waals surface area contributed by atoms with Crippen molar-refractivity contribution in [3.05, 3.63) is 118 Å². The van der Waals surface area contributed by atoms with Crippen molar-refractivity contribution in [1.82, 2.24) is 0 Å². The molecule has 6 rings (SSSR count). The number of hydrogen-bond donors (Lipinski definition) is 1. The number of hydrogen-bond acceptors (Lipinski definition) is 5. The smallest absolute Gasteiger partial charge is 0.259 e. The van der Waals surface area contributed by atoms with Gasteiger partial charge in [0.15, 0.2) is 5.78 Å². The van der Waals surface area contributed by atoms with E-state index in [1.165, 1.54) is 0 Å². The number of Topliss-reactive ketones (excluding diaryl/α,β-unsaturated/α-hetero) is 1. The number of nitrogens with one attached hydrogen (secondary N) is 1. The van der Waals surface area contributed by atoms with Crippen molar-refractivity contribution in [3.63, 3.8) is 0 Å². The second-order valence-corrected chi connectivity index (χ2v) is 9.52. The molecule has 0 saturated heterocycles. The monoisotopic (exact) mass is 466 g/mol. The number of nitrogens with zero attached hydrogens (tertiary/aromatic N) is 1. The van der Waals surface area contributed by atoms with Crippen LogP contribution in [0.4, 0.5) is 11.4 Å². The third-order valence-corrected chi connectivity index (χ3v) is 7.41. The summed E-state index contributed by atoms with van der Waals surface area (Å²) in [6, 6.07) is 24.3. The maximum atomic E-state index is 14.0. The number of para-hydroxylation sites is 2. The number of furan rings is 1. The summed E-state index contributed by atoms with van der Waals surface area (Å²) in [6.07, 6.45) is 2.63. The Morgan fingerprint density at radius 3 is 2.53 bits per heavy atom. The van der Waals surface area contributed by atoms with Crippen LogP contribution in [0.3, 0.4) is 0 Å². The van der Waals surface area contributed by atoms with E-state index < -0.39 is 6.04 Å². The molecule has 1 aliphatic heterocycles. The molecule has 0 radical (unpaired) electrons. The zero-order valence-corrected chi connectivity index (χ0v) is 19.1. The summed E-state index contributed by atoms with van der Waals surface area (Å²) in [5.41, 5.74) is 3.66. The van der Waals surface area contributed by atoms with Gasteiger partial charge >= 0.3 is 0 Å². The quantitative estimate of drug-likeness (QED) is 0.372. The highest BCUT2D eigenvalue weighted by Gasteiger charge is 2.42. The summed E-state index contributed by atoms with van der Waals surface area (Å²) in [5, 5.41) is 5.53. The Morgan fingerprint density at radius 2 is 1.76 bits per heavy atom. The SMILES string of the molecule is O=C1CC(c2ccco2)CC2=C1C(c1cccs1)N(C(=O)c1ccccc1)c1ccccc1N2. The molecule has 0 bridgehead atoms. The van der Waals surface area contributed by atoms with Gasteiger partial charge in [0, 0.05) is 34.0 Å². The second-order valence-electron chi connectivity index (χ2n) is 8.54. The van der Waals surface area contributed by atoms with Crippen LogP contribution in [0.5, 0.6) is 0 Å². The standard InChI is InChI=1S/C28H22N2O3S/c31-23-17-19(24-12-6-14-33-24)16-21-26(23)27(25-13-7-15-34-25)30(22-11-5-4-10-20(22)29-21)28(32)18-8-2-1-3-9-18/h1-15,19,27,29H,16-17H2. The van der Waals surface area contributed by atoms with E-state index in [0.29, 0.717) is 24.0 Å². The van der Waals surface area contributed by atoms with Crippen molar-refractivity contribution >= 4 is 34.4 Å². The van der Waals surface area contributed by atoms with Crippen LogP contribution in [-0.2, 0) is 4.79 Å². The maximum Gasteiger partial charge on any atom is 0.259 e. The number of thiophene rings is 1. The van der Waals surface area contributed by atoms with Gasteiger partial charge in [0.05, 0.1) is 17.6 Å². The number of amides is 1. The van der Waals surface area contributed by atoms with Crippen molar-refractivity contribution in [2.24, 2.45) is 0 Å². The zero-order valence-electron chi connectivity index (χ0n) is 18.3. The fourth-order valence-electron chi connectivity index (χ4n) is 4.97. The molecule has 5 nitrogen and oxygen atoms in total. The molecule has 168 valence electrons. The molecule has 1 amide bonds. The summed E-state index contributed by atoms with van der Waals surface area (Å²) in [4.78, 5) is 30.5. The average molecular weight is 467 g/mol. The van der Waals surface area contributed by atoms with Crippen LogP contribution in [0.15, 0.2) is 106 Å². The first-order chi connectivity index (χ1) is 16.7. The van der Waals surface area contributed by atoms with Gasteiger partial charge < -0.3 is 9.73 Å². The molecule has 2 aromatic heterocycles. The number of carbonyl (C=O) groups is 2. The van der Waals surface area contributed by atoms with Crippen LogP contribution in [0, 0.1) is 0 Å². The molecule has 1 aliphatic carbocycles. The first-order valence-electron chi connectivity index (χ1n) is 11.3. The number of allylic oxidation sites excluding steroid dienone is 1. The van der Waals surface area contributed by atoms with Crippen molar-refractivity contribution < 1.29 is 14.0 Å². The molecule has 1 N–H and O–H groups in total. The van der Waals surface area contributed by atoms with Gasteiger partial charge in [-0.05, 0) is 54.3 Å². The third kappa shape index (κ3) is 3.47. The van der Waals surface area contributed by atoms with Crippen LogP contribution >= 0.6 is 11.3 Å². The first kappa shape index (κ1) is 20.7. The summed E-state index contributed by atoms with van der Waals surface area (Å²) >= 11 is 1.56. The number of anilines is 2. The lowest BCUT2D eigenvalue weighted by molar-refractivity contribution is -0.116. The van der Waals surface area contributed by atoms with Gasteiger partial charge in [-0.25, -0.2) is 0 Å². The molecule has 6 heteroatoms. The van der Waals surface area contributed by atoms with E-state index in [1.807, 2.05) is 84.2 Å². The van der Waals surface area contributed by atoms with Crippen molar-refractivity contribution in [1.29, 1.82) is 0 Å². The lowest BCUT2D eigenvalue weighted by Gasteiger charge is -2.34. The summed E-state index contributed by atoms with van der Waals surface area (Å²) in [7, 11) is 0. The Kier molecular flexibility index (Phi) is 5.15. The molecular weight excluding hydrogens is 444 g/mol. The van der Waals surface area contributed by atoms with Gasteiger partial charge in [-0.2, -0.15) is 0 Å². The normalized spacial score (nSPS) is 19.8. The summed E-state index contributed by atoms with van der Waals surface area (Å²) < 4.78 is 5.65. The molecular formula is C28H22N2O3S. The van der Waals surface area contributed by atoms with Crippen LogP contribution in [0.2, 0.25) is 0 Å². The lowest BCUT2D eigenvalue weighted by atomic mass is 9.81. The Balaban J connectivity index is 1.56. The topological polar surface area (TPSA) is 62.6 Å². The average Bonchev–Trinajstić information content (AvgIpc) is 3.57. The first-order valence-corrected chi connectivity index (χ1v) is 12.2. The summed E-state index contributed by atoms with van der Waals surface area (Å²) in [6.45, 7) is 0. The Hall–Kier alpha value is -3.90. The number of rotatable bonds is 3. The zero-order chi connectivity index (χ0) is 23.1. The number of ketones is 1. The number of carbonyl (C=O) groups excluding carboxylic acids is 2. The van der Waals surface area contributed by atoms with Gasteiger partial charge in [-0.3, -0.25) is 14.5 Å². The highest BCUT2D eigenvalue weighted by molar-refractivity contribution is 7.10. The number of benzene rings is 2. The van der Waals surface area contributed by atoms with E-state index in [0.717, 1.165) is 27.7 Å². The van der Waals surface area contributed by atoms with Crippen LogP contribution in [0.25, 0.3) is 0 Å². The molecule has 2 aliphatic rings. The Morgan fingerprint density at radius 1 is 0.941 bits per heavy atom. The third-order valence-electron chi connectivity index (χ3n) is 6.49. The Bertz CT molecular complexity index is 1370. The van der Waals surface area contributed by atoms with Crippen molar-refractivity contribution in [2.75, 3.05) is 10.2 Å². The molecule has 0 spiro atoms. The van der Waals surface area contributed by atoms with Crippen molar-refractivity contribution in [3.8, 4) is 0 Å². The molecule has 4 aromatic rings. The molecule has 2 unspecified atom stereocenters. The van der Waals surface area contributed by atoms with Crippen LogP contribution < -0.4 is 10.2 Å². The van der Waals surface area contributed by atoms with Crippen molar-refractivity contribution in [2.45, 2.75) is 24.8 Å². The lowest BCUT2D eigenvalue weighted by Crippen LogP contribution is -2.38. The molecule has 34 heavy (non-hydrogen) atoms. The van der Waals surface area contributed by atoms with Crippen LogP contribution in [-0.4, -0.2) is 11.7 Å². The van der Waals surface area contributed by atoms with Crippen LogP contribution in [0.1, 0.15) is 45.8 Å². The predicted octanol–water partition coefficient (Wildman–Crippen LogP) is 6.56. The highest BCUT2D eigenvalue weighted by atomic mass is 32.1. The van der Waals surface area contributed by atoms with E-state index >= 15 is 0 Å². The minimum atomic E-state index is -0.510. The minimum absolute atomic E-state index is 0.0345. The second kappa shape index (κ2) is 8.47. The Labute approximate surface area is 201 Å². The van der Waals surface area contributed by atoms with E-state index in [9.17, 15) is 9.59 Å².